The van der Waals surface area contributed by atoms with Gasteiger partial charge in [-0.2, -0.15) is 0 Å². The Morgan fingerprint density at radius 1 is 1.04 bits per heavy atom. The van der Waals surface area contributed by atoms with Crippen LogP contribution < -0.4 is 0 Å². The number of carbonyl (C=O) groups is 2. The van der Waals surface area contributed by atoms with Crippen molar-refractivity contribution in [1.82, 2.24) is 4.90 Å². The normalized spacial score (nSPS) is 16.7. The number of carbonyl (C=O) groups excluding carboxylic acids is 2. The fourth-order valence-electron chi connectivity index (χ4n) is 3.12. The van der Waals surface area contributed by atoms with E-state index >= 15 is 0 Å². The molecule has 1 aromatic heterocycles. The van der Waals surface area contributed by atoms with E-state index in [2.05, 4.69) is 0 Å². The number of cyclic esters (lactones) is 1. The molecule has 0 aliphatic carbocycles. The topological polar surface area (TPSA) is 46.6 Å². The van der Waals surface area contributed by atoms with Crippen molar-refractivity contribution in [1.29, 1.82) is 0 Å². The molecular weight excluding hydrogens is 358 g/mol. The first-order valence-corrected chi connectivity index (χ1v) is 9.48. The van der Waals surface area contributed by atoms with Gasteiger partial charge >= 0.3 is 6.09 Å². The maximum Gasteiger partial charge on any atom is 0.417 e. The van der Waals surface area contributed by atoms with E-state index in [1.165, 1.54) is 11.0 Å². The first kappa shape index (κ1) is 17.2. The third-order valence-corrected chi connectivity index (χ3v) is 5.33. The molecule has 4 rings (SSSR count). The minimum Gasteiger partial charge on any atom is -0.446 e. The maximum absolute atomic E-state index is 12.7. The Hall–Kier alpha value is -3.18. The Bertz CT molecular complexity index is 979. The molecule has 1 unspecified atom stereocenters. The van der Waals surface area contributed by atoms with Crippen LogP contribution in [0.15, 0.2) is 78.2 Å². The molecule has 1 atom stereocenters. The third-order valence-electron chi connectivity index (χ3n) is 4.45. The van der Waals surface area contributed by atoms with Gasteiger partial charge in [-0.15, -0.1) is 11.3 Å². The quantitative estimate of drug-likeness (QED) is 0.593. The van der Waals surface area contributed by atoms with Crippen molar-refractivity contribution in [2.24, 2.45) is 0 Å². The highest BCUT2D eigenvalue weighted by atomic mass is 32.1. The number of hydrogen-bond donors (Lipinski definition) is 0. The molecule has 0 spiro atoms. The summed E-state index contributed by atoms with van der Waals surface area (Å²) in [6.07, 6.45) is 2.61. The van der Waals surface area contributed by atoms with Gasteiger partial charge in [0.15, 0.2) is 0 Å². The molecule has 0 bridgehead atoms. The van der Waals surface area contributed by atoms with Crippen molar-refractivity contribution >= 4 is 29.4 Å². The fraction of sp³-hybridized carbons (Fsp3) is 0.0909. The van der Waals surface area contributed by atoms with Gasteiger partial charge in [-0.25, -0.2) is 9.69 Å². The number of hydrogen-bond acceptors (Lipinski definition) is 4. The van der Waals surface area contributed by atoms with Gasteiger partial charge in [0.05, 0.1) is 0 Å². The summed E-state index contributed by atoms with van der Waals surface area (Å²) in [7, 11) is 0. The minimum atomic E-state index is -0.604. The van der Waals surface area contributed by atoms with Crippen molar-refractivity contribution < 1.29 is 14.3 Å². The lowest BCUT2D eigenvalue weighted by atomic mass is 10.1. The van der Waals surface area contributed by atoms with Crippen LogP contribution in [-0.4, -0.2) is 23.5 Å². The number of nitrogens with zero attached hydrogens (tertiary/aromatic N) is 1. The molecule has 27 heavy (non-hydrogen) atoms. The largest absolute Gasteiger partial charge is 0.446 e. The summed E-state index contributed by atoms with van der Waals surface area (Å²) < 4.78 is 5.12. The van der Waals surface area contributed by atoms with Crippen LogP contribution in [0, 0.1) is 0 Å². The Kier molecular flexibility index (Phi) is 4.85. The molecule has 1 aliphatic rings. The second kappa shape index (κ2) is 7.60. The van der Waals surface area contributed by atoms with Crippen molar-refractivity contribution in [3.63, 3.8) is 0 Å². The van der Waals surface area contributed by atoms with Crippen LogP contribution in [0.4, 0.5) is 4.79 Å². The highest BCUT2D eigenvalue weighted by molar-refractivity contribution is 7.11. The summed E-state index contributed by atoms with van der Waals surface area (Å²) in [6.45, 7) is 0.177. The van der Waals surface area contributed by atoms with Gasteiger partial charge in [0.25, 0.3) is 5.91 Å². The molecule has 1 fully saturated rings. The van der Waals surface area contributed by atoms with E-state index in [9.17, 15) is 9.59 Å². The van der Waals surface area contributed by atoms with Crippen LogP contribution in [-0.2, 0) is 9.53 Å². The molecule has 0 saturated carbocycles. The Labute approximate surface area is 161 Å². The van der Waals surface area contributed by atoms with Gasteiger partial charge in [-0.05, 0) is 34.2 Å². The van der Waals surface area contributed by atoms with Crippen molar-refractivity contribution in [3.8, 4) is 11.1 Å². The second-order valence-corrected chi connectivity index (χ2v) is 7.06. The minimum absolute atomic E-state index is 0.177. The molecule has 1 saturated heterocycles. The number of rotatable bonds is 4. The molecule has 2 heterocycles. The van der Waals surface area contributed by atoms with Crippen molar-refractivity contribution in [2.75, 3.05) is 6.61 Å². The highest BCUT2D eigenvalue weighted by Crippen LogP contribution is 2.31. The predicted molar refractivity (Wildman–Crippen MR) is 106 cm³/mol. The summed E-state index contributed by atoms with van der Waals surface area (Å²) in [5.74, 6) is -0.376. The summed E-state index contributed by atoms with van der Waals surface area (Å²) in [4.78, 5) is 27.0. The van der Waals surface area contributed by atoms with Gasteiger partial charge < -0.3 is 4.74 Å². The summed E-state index contributed by atoms with van der Waals surface area (Å²) in [5.41, 5.74) is 3.04. The maximum atomic E-state index is 12.7. The van der Waals surface area contributed by atoms with Gasteiger partial charge in [0, 0.05) is 11.0 Å². The standard InChI is InChI=1S/C22H17NO3S/c24-21(23-19(15-26-22(23)25)17-9-5-2-6-10-17)12-11-20-18(13-14-27-20)16-7-3-1-4-8-16/h1-14,19H,15H2. The summed E-state index contributed by atoms with van der Waals surface area (Å²) in [6, 6.07) is 21.1. The lowest BCUT2D eigenvalue weighted by Gasteiger charge is -2.18. The average Bonchev–Trinajstić information content (AvgIpc) is 3.34. The van der Waals surface area contributed by atoms with E-state index in [-0.39, 0.29) is 12.5 Å². The van der Waals surface area contributed by atoms with Crippen molar-refractivity contribution in [2.45, 2.75) is 6.04 Å². The second-order valence-electron chi connectivity index (χ2n) is 6.11. The van der Waals surface area contributed by atoms with E-state index in [1.807, 2.05) is 72.1 Å². The van der Waals surface area contributed by atoms with E-state index in [1.54, 1.807) is 17.4 Å². The monoisotopic (exact) mass is 375 g/mol. The van der Waals surface area contributed by atoms with Crippen LogP contribution in [0.3, 0.4) is 0 Å². The zero-order valence-electron chi connectivity index (χ0n) is 14.4. The van der Waals surface area contributed by atoms with Crippen LogP contribution >= 0.6 is 11.3 Å². The van der Waals surface area contributed by atoms with Crippen LogP contribution in [0.5, 0.6) is 0 Å². The number of benzene rings is 2. The van der Waals surface area contributed by atoms with E-state index in [0.29, 0.717) is 0 Å². The first-order valence-electron chi connectivity index (χ1n) is 8.60. The SMILES string of the molecule is O=C(C=Cc1sccc1-c1ccccc1)N1C(=O)OCC1c1ccccc1. The molecule has 3 aromatic rings. The predicted octanol–water partition coefficient (Wildman–Crippen LogP) is 5.15. The molecule has 0 N–H and O–H groups in total. The number of imide groups is 1. The molecule has 0 radical (unpaired) electrons. The lowest BCUT2D eigenvalue weighted by molar-refractivity contribution is -0.124. The van der Waals surface area contributed by atoms with Crippen LogP contribution in [0.1, 0.15) is 16.5 Å². The molecule has 134 valence electrons. The molecule has 1 aliphatic heterocycles. The Morgan fingerprint density at radius 2 is 1.74 bits per heavy atom. The van der Waals surface area contributed by atoms with Crippen molar-refractivity contribution in [3.05, 3.63) is 88.6 Å². The average molecular weight is 375 g/mol. The van der Waals surface area contributed by atoms with E-state index in [0.717, 1.165) is 21.6 Å². The Morgan fingerprint density at radius 3 is 2.48 bits per heavy atom. The first-order chi connectivity index (χ1) is 13.2. The fourth-order valence-corrected chi connectivity index (χ4v) is 3.93. The number of amides is 2. The summed E-state index contributed by atoms with van der Waals surface area (Å²) >= 11 is 1.55. The lowest BCUT2D eigenvalue weighted by Crippen LogP contribution is -2.32. The Balaban J connectivity index is 1.57. The molecule has 2 amide bonds. The van der Waals surface area contributed by atoms with E-state index < -0.39 is 12.1 Å². The molecule has 4 nitrogen and oxygen atoms in total. The molecular formula is C22H17NO3S. The number of ether oxygens (including phenoxy) is 1. The smallest absolute Gasteiger partial charge is 0.417 e. The highest BCUT2D eigenvalue weighted by Gasteiger charge is 2.37. The van der Waals surface area contributed by atoms with Crippen LogP contribution in [0.25, 0.3) is 17.2 Å². The zero-order valence-corrected chi connectivity index (χ0v) is 15.3. The number of thiophene rings is 1. The van der Waals surface area contributed by atoms with Gasteiger partial charge in [-0.1, -0.05) is 60.7 Å². The van der Waals surface area contributed by atoms with E-state index in [4.69, 9.17) is 4.74 Å². The van der Waals surface area contributed by atoms with Gasteiger partial charge in [0.1, 0.15) is 12.6 Å². The summed E-state index contributed by atoms with van der Waals surface area (Å²) in [5, 5.41) is 1.99. The third kappa shape index (κ3) is 3.55. The van der Waals surface area contributed by atoms with Gasteiger partial charge in [0.2, 0.25) is 0 Å². The van der Waals surface area contributed by atoms with Crippen LogP contribution in [0.2, 0.25) is 0 Å². The molecule has 2 aromatic carbocycles. The van der Waals surface area contributed by atoms with Gasteiger partial charge in [-0.3, -0.25) is 4.79 Å². The molecule has 5 heteroatoms. The zero-order chi connectivity index (χ0) is 18.6.